The van der Waals surface area contributed by atoms with Gasteiger partial charge in [0.1, 0.15) is 5.75 Å². The molecule has 0 unspecified atom stereocenters. The van der Waals surface area contributed by atoms with Crippen LogP contribution in [0, 0.1) is 0 Å². The third-order valence-corrected chi connectivity index (χ3v) is 3.54. The number of benzene rings is 2. The Morgan fingerprint density at radius 2 is 1.74 bits per heavy atom. The first kappa shape index (κ1) is 14.8. The highest BCUT2D eigenvalue weighted by Gasteiger charge is 2.17. The number of methoxy groups -OCH3 is 2. The average molecular weight is 308 g/mol. The number of carbonyl (C=O) groups is 1. The summed E-state index contributed by atoms with van der Waals surface area (Å²) in [7, 11) is 3.12. The van der Waals surface area contributed by atoms with Crippen LogP contribution in [0.1, 0.15) is 10.4 Å². The van der Waals surface area contributed by atoms with Crippen molar-refractivity contribution < 1.29 is 14.3 Å². The van der Waals surface area contributed by atoms with Gasteiger partial charge in [-0.3, -0.25) is 9.78 Å². The minimum absolute atomic E-state index is 0.245. The maximum Gasteiger partial charge on any atom is 0.260 e. The summed E-state index contributed by atoms with van der Waals surface area (Å²) in [6.07, 6.45) is 1.56. The Hall–Kier alpha value is -3.08. The van der Waals surface area contributed by atoms with E-state index in [0.29, 0.717) is 17.0 Å². The van der Waals surface area contributed by atoms with Gasteiger partial charge in [-0.15, -0.1) is 0 Å². The van der Waals surface area contributed by atoms with Crippen LogP contribution in [0.15, 0.2) is 54.7 Å². The molecule has 1 amide bonds. The van der Waals surface area contributed by atoms with E-state index in [4.69, 9.17) is 9.47 Å². The lowest BCUT2D eigenvalue weighted by molar-refractivity contribution is 0.102. The summed E-state index contributed by atoms with van der Waals surface area (Å²) in [5.41, 5.74) is 1.89. The number of amides is 1. The predicted molar refractivity (Wildman–Crippen MR) is 89.2 cm³/mol. The predicted octanol–water partition coefficient (Wildman–Crippen LogP) is 3.50. The van der Waals surface area contributed by atoms with Gasteiger partial charge < -0.3 is 14.8 Å². The largest absolute Gasteiger partial charge is 0.497 e. The standard InChI is InChI=1S/C18H16N2O3/c1-22-13-9-7-12(8-10-13)20-18(21)17-14-5-3-4-6-15(14)19-11-16(17)23-2/h3-11H,1-2H3,(H,20,21). The second-order valence-electron chi connectivity index (χ2n) is 4.90. The number of nitrogens with one attached hydrogen (secondary N) is 1. The molecular formula is C18H16N2O3. The fourth-order valence-electron chi connectivity index (χ4n) is 2.38. The number of para-hydroxylation sites is 1. The van der Waals surface area contributed by atoms with Crippen molar-refractivity contribution in [1.82, 2.24) is 4.98 Å². The van der Waals surface area contributed by atoms with Crippen molar-refractivity contribution in [1.29, 1.82) is 0 Å². The Labute approximate surface area is 133 Å². The maximum atomic E-state index is 12.7. The second-order valence-corrected chi connectivity index (χ2v) is 4.90. The summed E-state index contributed by atoms with van der Waals surface area (Å²) in [6.45, 7) is 0. The van der Waals surface area contributed by atoms with Crippen LogP contribution in [0.5, 0.6) is 11.5 Å². The summed E-state index contributed by atoms with van der Waals surface area (Å²) in [5, 5.41) is 3.62. The number of carbonyl (C=O) groups excluding carboxylic acids is 1. The molecule has 0 saturated heterocycles. The maximum absolute atomic E-state index is 12.7. The molecule has 3 aromatic rings. The third kappa shape index (κ3) is 2.94. The van der Waals surface area contributed by atoms with Crippen molar-refractivity contribution in [3.05, 3.63) is 60.3 Å². The number of aromatic nitrogens is 1. The van der Waals surface area contributed by atoms with E-state index in [9.17, 15) is 4.79 Å². The zero-order valence-corrected chi connectivity index (χ0v) is 12.9. The number of hydrogen-bond acceptors (Lipinski definition) is 4. The molecule has 23 heavy (non-hydrogen) atoms. The molecule has 5 heteroatoms. The second kappa shape index (κ2) is 6.36. The van der Waals surface area contributed by atoms with E-state index in [1.54, 1.807) is 37.6 Å². The third-order valence-electron chi connectivity index (χ3n) is 3.54. The normalized spacial score (nSPS) is 10.3. The van der Waals surface area contributed by atoms with Gasteiger partial charge in [0.15, 0.2) is 5.75 Å². The Morgan fingerprint density at radius 3 is 2.43 bits per heavy atom. The molecular weight excluding hydrogens is 292 g/mol. The number of ether oxygens (including phenoxy) is 2. The molecule has 0 fully saturated rings. The Balaban J connectivity index is 1.99. The molecule has 3 rings (SSSR count). The topological polar surface area (TPSA) is 60.5 Å². The highest BCUT2D eigenvalue weighted by molar-refractivity contribution is 6.14. The van der Waals surface area contributed by atoms with Gasteiger partial charge in [-0.1, -0.05) is 18.2 Å². The van der Waals surface area contributed by atoms with E-state index in [1.807, 2.05) is 24.3 Å². The van der Waals surface area contributed by atoms with E-state index in [2.05, 4.69) is 10.3 Å². The van der Waals surface area contributed by atoms with Crippen LogP contribution in [-0.4, -0.2) is 25.1 Å². The molecule has 1 aromatic heterocycles. The van der Waals surface area contributed by atoms with Crippen molar-refractivity contribution in [3.63, 3.8) is 0 Å². The van der Waals surface area contributed by atoms with E-state index in [0.717, 1.165) is 16.7 Å². The summed E-state index contributed by atoms with van der Waals surface area (Å²) in [4.78, 5) is 17.0. The van der Waals surface area contributed by atoms with Crippen molar-refractivity contribution in [3.8, 4) is 11.5 Å². The first-order valence-electron chi connectivity index (χ1n) is 7.10. The van der Waals surface area contributed by atoms with Crippen LogP contribution in [0.25, 0.3) is 10.9 Å². The van der Waals surface area contributed by atoms with Gasteiger partial charge in [0.2, 0.25) is 0 Å². The summed E-state index contributed by atoms with van der Waals surface area (Å²) in [5.74, 6) is 0.926. The van der Waals surface area contributed by atoms with Crippen LogP contribution in [-0.2, 0) is 0 Å². The number of hydrogen-bond donors (Lipinski definition) is 1. The van der Waals surface area contributed by atoms with Gasteiger partial charge in [0, 0.05) is 11.1 Å². The number of rotatable bonds is 4. The van der Waals surface area contributed by atoms with E-state index >= 15 is 0 Å². The number of fused-ring (bicyclic) bond motifs is 1. The van der Waals surface area contributed by atoms with E-state index in [-0.39, 0.29) is 5.91 Å². The highest BCUT2D eigenvalue weighted by atomic mass is 16.5. The van der Waals surface area contributed by atoms with Crippen LogP contribution < -0.4 is 14.8 Å². The van der Waals surface area contributed by atoms with Gasteiger partial charge in [-0.05, 0) is 30.3 Å². The number of pyridine rings is 1. The first-order chi connectivity index (χ1) is 11.2. The molecule has 0 spiro atoms. The molecule has 0 saturated carbocycles. The molecule has 0 aliphatic heterocycles. The molecule has 0 aliphatic carbocycles. The zero-order chi connectivity index (χ0) is 16.2. The quantitative estimate of drug-likeness (QED) is 0.801. The van der Waals surface area contributed by atoms with Crippen molar-refractivity contribution >= 4 is 22.5 Å². The van der Waals surface area contributed by atoms with Crippen molar-refractivity contribution in [2.45, 2.75) is 0 Å². The van der Waals surface area contributed by atoms with Crippen molar-refractivity contribution in [2.75, 3.05) is 19.5 Å². The smallest absolute Gasteiger partial charge is 0.260 e. The highest BCUT2D eigenvalue weighted by Crippen LogP contribution is 2.27. The van der Waals surface area contributed by atoms with Gasteiger partial charge in [-0.25, -0.2) is 0 Å². The zero-order valence-electron chi connectivity index (χ0n) is 12.9. The van der Waals surface area contributed by atoms with Gasteiger partial charge in [0.25, 0.3) is 5.91 Å². The SMILES string of the molecule is COc1ccc(NC(=O)c2c(OC)cnc3ccccc23)cc1. The summed E-state index contributed by atoms with van der Waals surface area (Å²) in [6, 6.07) is 14.6. The van der Waals surface area contributed by atoms with E-state index in [1.165, 1.54) is 7.11 Å². The molecule has 1 heterocycles. The lowest BCUT2D eigenvalue weighted by Gasteiger charge is -2.12. The van der Waals surface area contributed by atoms with E-state index < -0.39 is 0 Å². The van der Waals surface area contributed by atoms with Crippen LogP contribution in [0.2, 0.25) is 0 Å². The number of anilines is 1. The van der Waals surface area contributed by atoms with Gasteiger partial charge in [0.05, 0.1) is 31.5 Å². The van der Waals surface area contributed by atoms with Crippen LogP contribution >= 0.6 is 0 Å². The lowest BCUT2D eigenvalue weighted by Crippen LogP contribution is -2.14. The molecule has 0 radical (unpaired) electrons. The fourth-order valence-corrected chi connectivity index (χ4v) is 2.38. The average Bonchev–Trinajstić information content (AvgIpc) is 2.61. The fraction of sp³-hybridized carbons (Fsp3) is 0.111. The molecule has 2 aromatic carbocycles. The molecule has 116 valence electrons. The Kier molecular flexibility index (Phi) is 4.10. The number of nitrogens with zero attached hydrogens (tertiary/aromatic N) is 1. The minimum atomic E-state index is -0.245. The summed E-state index contributed by atoms with van der Waals surface area (Å²) < 4.78 is 10.4. The first-order valence-corrected chi connectivity index (χ1v) is 7.10. The van der Waals surface area contributed by atoms with Crippen LogP contribution in [0.3, 0.4) is 0 Å². The van der Waals surface area contributed by atoms with Crippen LogP contribution in [0.4, 0.5) is 5.69 Å². The Morgan fingerprint density at radius 1 is 1.00 bits per heavy atom. The lowest BCUT2D eigenvalue weighted by atomic mass is 10.1. The molecule has 0 bridgehead atoms. The molecule has 5 nitrogen and oxygen atoms in total. The van der Waals surface area contributed by atoms with Gasteiger partial charge >= 0.3 is 0 Å². The Bertz CT molecular complexity index is 845. The molecule has 0 aliphatic rings. The molecule has 1 N–H and O–H groups in total. The summed E-state index contributed by atoms with van der Waals surface area (Å²) >= 11 is 0. The minimum Gasteiger partial charge on any atom is -0.497 e. The van der Waals surface area contributed by atoms with Gasteiger partial charge in [-0.2, -0.15) is 0 Å². The monoisotopic (exact) mass is 308 g/mol. The molecule has 0 atom stereocenters. The van der Waals surface area contributed by atoms with Crippen molar-refractivity contribution in [2.24, 2.45) is 0 Å².